The lowest BCUT2D eigenvalue weighted by molar-refractivity contribution is 0.141. The maximum absolute atomic E-state index is 12.5. The van der Waals surface area contributed by atoms with Crippen molar-refractivity contribution < 1.29 is 13.9 Å². The predicted molar refractivity (Wildman–Crippen MR) is 65.0 cm³/mol. The highest BCUT2D eigenvalue weighted by Crippen LogP contribution is 2.27. The highest BCUT2D eigenvalue weighted by Gasteiger charge is 2.14. The average molecular weight is 242 g/mol. The number of hydrogen-bond acceptors (Lipinski definition) is 1. The van der Waals surface area contributed by atoms with Gasteiger partial charge in [0.2, 0.25) is 0 Å². The van der Waals surface area contributed by atoms with Crippen molar-refractivity contribution in [1.82, 2.24) is 0 Å². The molecule has 0 saturated heterocycles. The smallest absolute Gasteiger partial charge is 0.263 e. The van der Waals surface area contributed by atoms with Gasteiger partial charge in [0.25, 0.3) is 6.43 Å². The Labute approximate surface area is 101 Å². The van der Waals surface area contributed by atoms with E-state index in [0.717, 1.165) is 12.8 Å². The van der Waals surface area contributed by atoms with Crippen LogP contribution >= 0.6 is 0 Å². The van der Waals surface area contributed by atoms with Crippen LogP contribution in [0.4, 0.5) is 8.78 Å². The van der Waals surface area contributed by atoms with Gasteiger partial charge in [-0.05, 0) is 24.0 Å². The molecule has 1 rings (SSSR count). The summed E-state index contributed by atoms with van der Waals surface area (Å²) < 4.78 is 25.0. The minimum absolute atomic E-state index is 0.0234. The molecule has 0 heterocycles. The third-order valence-electron chi connectivity index (χ3n) is 2.95. The second-order valence-corrected chi connectivity index (χ2v) is 4.62. The fourth-order valence-corrected chi connectivity index (χ4v) is 2.03. The number of halogens is 2. The minimum Gasteiger partial charge on any atom is -0.388 e. The highest BCUT2D eigenvalue weighted by atomic mass is 19.3. The van der Waals surface area contributed by atoms with E-state index >= 15 is 0 Å². The summed E-state index contributed by atoms with van der Waals surface area (Å²) in [5, 5.41) is 9.98. The zero-order valence-electron chi connectivity index (χ0n) is 10.4. The van der Waals surface area contributed by atoms with E-state index in [4.69, 9.17) is 0 Å². The van der Waals surface area contributed by atoms with Gasteiger partial charge in [-0.15, -0.1) is 0 Å². The van der Waals surface area contributed by atoms with E-state index < -0.39 is 12.5 Å². The molecule has 1 aromatic rings. The van der Waals surface area contributed by atoms with Crippen molar-refractivity contribution >= 4 is 0 Å². The van der Waals surface area contributed by atoms with Crippen molar-refractivity contribution in [3.05, 3.63) is 35.4 Å². The molecule has 2 atom stereocenters. The predicted octanol–water partition coefficient (Wildman–Crippen LogP) is 4.48. The molecule has 0 saturated carbocycles. The van der Waals surface area contributed by atoms with E-state index in [1.807, 2.05) is 0 Å². The Morgan fingerprint density at radius 3 is 2.47 bits per heavy atom. The first-order chi connectivity index (χ1) is 8.04. The van der Waals surface area contributed by atoms with Gasteiger partial charge in [-0.25, -0.2) is 8.78 Å². The molecule has 0 fully saturated rings. The van der Waals surface area contributed by atoms with E-state index in [9.17, 15) is 13.9 Å². The van der Waals surface area contributed by atoms with Gasteiger partial charge in [-0.3, -0.25) is 0 Å². The number of alkyl halides is 2. The third-order valence-corrected chi connectivity index (χ3v) is 2.95. The summed E-state index contributed by atoms with van der Waals surface area (Å²) in [5.41, 5.74) is 0.565. The lowest BCUT2D eigenvalue weighted by atomic mass is 9.94. The largest absolute Gasteiger partial charge is 0.388 e. The molecule has 2 unspecified atom stereocenters. The molecular weight excluding hydrogens is 222 g/mol. The van der Waals surface area contributed by atoms with Crippen LogP contribution in [0.5, 0.6) is 0 Å². The standard InChI is InChI=1S/C14H20F2O/c1-3-5-10(2)8-13(17)11-6-4-7-12(9-11)14(15)16/h4,6-7,9-10,13-14,17H,3,5,8H2,1-2H3. The molecule has 0 aliphatic heterocycles. The molecule has 0 radical (unpaired) electrons. The van der Waals surface area contributed by atoms with Gasteiger partial charge < -0.3 is 5.11 Å². The van der Waals surface area contributed by atoms with Crippen molar-refractivity contribution in [3.63, 3.8) is 0 Å². The summed E-state index contributed by atoms with van der Waals surface area (Å²) in [7, 11) is 0. The second-order valence-electron chi connectivity index (χ2n) is 4.62. The Morgan fingerprint density at radius 1 is 1.24 bits per heavy atom. The molecule has 1 aromatic carbocycles. The van der Waals surface area contributed by atoms with Crippen LogP contribution in [0.2, 0.25) is 0 Å². The molecule has 0 spiro atoms. The van der Waals surface area contributed by atoms with Crippen LogP contribution < -0.4 is 0 Å². The SMILES string of the molecule is CCCC(C)CC(O)c1cccc(C(F)F)c1. The number of aliphatic hydroxyl groups excluding tert-OH is 1. The Bertz CT molecular complexity index is 339. The fraction of sp³-hybridized carbons (Fsp3) is 0.571. The molecule has 0 aliphatic rings. The number of hydrogen-bond donors (Lipinski definition) is 1. The highest BCUT2D eigenvalue weighted by molar-refractivity contribution is 5.25. The van der Waals surface area contributed by atoms with Gasteiger partial charge >= 0.3 is 0 Å². The Morgan fingerprint density at radius 2 is 1.88 bits per heavy atom. The molecule has 1 N–H and O–H groups in total. The number of rotatable bonds is 6. The van der Waals surface area contributed by atoms with Gasteiger partial charge in [0.1, 0.15) is 0 Å². The van der Waals surface area contributed by atoms with Crippen LogP contribution in [0.15, 0.2) is 24.3 Å². The summed E-state index contributed by atoms with van der Waals surface area (Å²) >= 11 is 0. The van der Waals surface area contributed by atoms with Crippen molar-refractivity contribution in [2.24, 2.45) is 5.92 Å². The molecule has 0 aromatic heterocycles. The lowest BCUT2D eigenvalue weighted by Gasteiger charge is -2.16. The average Bonchev–Trinajstić information content (AvgIpc) is 2.29. The molecule has 96 valence electrons. The minimum atomic E-state index is -2.48. The monoisotopic (exact) mass is 242 g/mol. The van der Waals surface area contributed by atoms with Crippen molar-refractivity contribution in [2.45, 2.75) is 45.6 Å². The summed E-state index contributed by atoms with van der Waals surface area (Å²) in [6, 6.07) is 6.06. The normalized spacial score (nSPS) is 14.9. The Hall–Kier alpha value is -0.960. The summed E-state index contributed by atoms with van der Waals surface area (Å²) in [5.74, 6) is 0.408. The second kappa shape index (κ2) is 6.70. The molecule has 0 bridgehead atoms. The molecule has 0 aliphatic carbocycles. The van der Waals surface area contributed by atoms with Crippen molar-refractivity contribution in [2.75, 3.05) is 0 Å². The fourth-order valence-electron chi connectivity index (χ4n) is 2.03. The van der Waals surface area contributed by atoms with Crippen molar-refractivity contribution in [1.29, 1.82) is 0 Å². The molecular formula is C14H20F2O. The number of benzene rings is 1. The quantitative estimate of drug-likeness (QED) is 0.779. The molecule has 1 nitrogen and oxygen atoms in total. The first-order valence-electron chi connectivity index (χ1n) is 6.10. The van der Waals surface area contributed by atoms with Crippen LogP contribution in [0.25, 0.3) is 0 Å². The topological polar surface area (TPSA) is 20.2 Å². The Kier molecular flexibility index (Phi) is 5.56. The van der Waals surface area contributed by atoms with Crippen LogP contribution in [-0.2, 0) is 0 Å². The van der Waals surface area contributed by atoms with Gasteiger partial charge in [-0.1, -0.05) is 44.9 Å². The van der Waals surface area contributed by atoms with Crippen LogP contribution in [0.3, 0.4) is 0 Å². The molecule has 0 amide bonds. The maximum Gasteiger partial charge on any atom is 0.263 e. The lowest BCUT2D eigenvalue weighted by Crippen LogP contribution is -2.05. The molecule has 17 heavy (non-hydrogen) atoms. The van der Waals surface area contributed by atoms with E-state index in [0.29, 0.717) is 17.9 Å². The van der Waals surface area contributed by atoms with E-state index in [2.05, 4.69) is 13.8 Å². The Balaban J connectivity index is 2.68. The van der Waals surface area contributed by atoms with E-state index in [-0.39, 0.29) is 5.56 Å². The third kappa shape index (κ3) is 4.43. The van der Waals surface area contributed by atoms with E-state index in [1.165, 1.54) is 12.1 Å². The zero-order valence-corrected chi connectivity index (χ0v) is 10.4. The summed E-state index contributed by atoms with van der Waals surface area (Å²) in [4.78, 5) is 0. The summed E-state index contributed by atoms with van der Waals surface area (Å²) in [6.07, 6.45) is -0.373. The number of aliphatic hydroxyl groups is 1. The van der Waals surface area contributed by atoms with Crippen LogP contribution in [0.1, 0.15) is 56.8 Å². The first-order valence-corrected chi connectivity index (χ1v) is 6.10. The van der Waals surface area contributed by atoms with Gasteiger partial charge in [-0.2, -0.15) is 0 Å². The zero-order chi connectivity index (χ0) is 12.8. The van der Waals surface area contributed by atoms with Crippen LogP contribution in [0, 0.1) is 5.92 Å². The van der Waals surface area contributed by atoms with Gasteiger partial charge in [0.05, 0.1) is 6.10 Å². The van der Waals surface area contributed by atoms with Gasteiger partial charge in [0.15, 0.2) is 0 Å². The maximum atomic E-state index is 12.5. The molecule has 3 heteroatoms. The van der Waals surface area contributed by atoms with Crippen molar-refractivity contribution in [3.8, 4) is 0 Å². The van der Waals surface area contributed by atoms with Crippen LogP contribution in [-0.4, -0.2) is 5.11 Å². The van der Waals surface area contributed by atoms with Gasteiger partial charge in [0, 0.05) is 5.56 Å². The summed E-state index contributed by atoms with van der Waals surface area (Å²) in [6.45, 7) is 4.17. The van der Waals surface area contributed by atoms with E-state index in [1.54, 1.807) is 12.1 Å². The first kappa shape index (κ1) is 14.1.